The second-order valence-corrected chi connectivity index (χ2v) is 11.8. The van der Waals surface area contributed by atoms with E-state index in [9.17, 15) is 25.2 Å². The van der Waals surface area contributed by atoms with Gasteiger partial charge in [-0.2, -0.15) is 0 Å². The van der Waals surface area contributed by atoms with Gasteiger partial charge < -0.3 is 34.6 Å². The van der Waals surface area contributed by atoms with E-state index in [4.69, 9.17) is 14.2 Å². The quantitative estimate of drug-likeness (QED) is 0.252. The summed E-state index contributed by atoms with van der Waals surface area (Å²) < 4.78 is 17.7. The second kappa shape index (κ2) is 13.6. The minimum Gasteiger partial charge on any atom is -0.462 e. The van der Waals surface area contributed by atoms with Crippen molar-refractivity contribution in [2.24, 2.45) is 5.92 Å². The molecule has 9 nitrogen and oxygen atoms in total. The van der Waals surface area contributed by atoms with Crippen molar-refractivity contribution >= 4 is 5.97 Å². The topological polar surface area (TPSA) is 129 Å². The Labute approximate surface area is 237 Å². The fraction of sp³-hybridized carbons (Fsp3) is 0.645. The lowest BCUT2D eigenvalue weighted by atomic mass is 9.97. The maximum atomic E-state index is 13.3. The summed E-state index contributed by atoms with van der Waals surface area (Å²) in [5, 5.41) is 40.8. The molecule has 3 aliphatic rings. The second-order valence-electron chi connectivity index (χ2n) is 11.8. The smallest absolute Gasteiger partial charge is 0.338 e. The molecule has 3 aliphatic heterocycles. The van der Waals surface area contributed by atoms with E-state index in [1.165, 1.54) is 6.42 Å². The van der Waals surface area contributed by atoms with Crippen LogP contribution in [0.15, 0.2) is 35.4 Å². The predicted molar refractivity (Wildman–Crippen MR) is 150 cm³/mol. The first kappa shape index (κ1) is 30.7. The fourth-order valence-corrected chi connectivity index (χ4v) is 5.88. The Balaban J connectivity index is 1.63. The molecule has 0 amide bonds. The molecule has 0 aromatic heterocycles. The summed E-state index contributed by atoms with van der Waals surface area (Å²) in [5.41, 5.74) is 4.00. The number of benzene rings is 1. The van der Waals surface area contributed by atoms with Gasteiger partial charge in [-0.15, -0.1) is 0 Å². The highest BCUT2D eigenvalue weighted by Gasteiger charge is 2.45. The fourth-order valence-electron chi connectivity index (χ4n) is 5.88. The molecule has 0 unspecified atom stereocenters. The van der Waals surface area contributed by atoms with Crippen LogP contribution in [0.3, 0.4) is 0 Å². The van der Waals surface area contributed by atoms with E-state index in [0.29, 0.717) is 53.8 Å². The zero-order valence-corrected chi connectivity index (χ0v) is 24.1. The average Bonchev–Trinajstić information content (AvgIpc) is 3.54. The molecule has 0 spiro atoms. The number of hydrogen-bond acceptors (Lipinski definition) is 9. The van der Waals surface area contributed by atoms with Gasteiger partial charge in [0.25, 0.3) is 0 Å². The van der Waals surface area contributed by atoms with E-state index in [2.05, 4.69) is 4.90 Å². The zero-order valence-electron chi connectivity index (χ0n) is 24.1. The molecular formula is C31H45NO8. The summed E-state index contributed by atoms with van der Waals surface area (Å²) in [7, 11) is 0. The minimum atomic E-state index is -1.56. The minimum absolute atomic E-state index is 0.357. The van der Waals surface area contributed by atoms with E-state index < -0.39 is 37.3 Å². The summed E-state index contributed by atoms with van der Waals surface area (Å²) in [6.07, 6.45) is 1.34. The molecule has 4 rings (SSSR count). The Morgan fingerprint density at radius 1 is 0.975 bits per heavy atom. The number of allylic oxidation sites excluding steroid dienone is 4. The summed E-state index contributed by atoms with van der Waals surface area (Å²) in [6.45, 7) is 9.97. The number of aliphatic hydroxyl groups excluding tert-OH is 4. The molecule has 3 heterocycles. The van der Waals surface area contributed by atoms with E-state index in [1.54, 1.807) is 12.1 Å². The molecule has 0 saturated carbocycles. The van der Waals surface area contributed by atoms with Gasteiger partial charge in [-0.25, -0.2) is 4.79 Å². The first-order valence-electron chi connectivity index (χ1n) is 14.4. The third-order valence-electron chi connectivity index (χ3n) is 8.20. The lowest BCUT2D eigenvalue weighted by Crippen LogP contribution is -2.60. The summed E-state index contributed by atoms with van der Waals surface area (Å²) in [5.74, 6) is 0.400. The number of rotatable bonds is 10. The van der Waals surface area contributed by atoms with Gasteiger partial charge in [0, 0.05) is 12.0 Å². The number of fused-ring (bicyclic) bond motifs is 1. The van der Waals surface area contributed by atoms with Gasteiger partial charge in [0.1, 0.15) is 30.2 Å². The van der Waals surface area contributed by atoms with Crippen LogP contribution in [0.1, 0.15) is 68.4 Å². The molecule has 0 radical (unpaired) electrons. The molecule has 1 aromatic carbocycles. The monoisotopic (exact) mass is 559 g/mol. The van der Waals surface area contributed by atoms with Crippen LogP contribution in [0, 0.1) is 5.92 Å². The highest BCUT2D eigenvalue weighted by Crippen LogP contribution is 2.35. The van der Waals surface area contributed by atoms with Gasteiger partial charge in [0.05, 0.1) is 18.8 Å². The summed E-state index contributed by atoms with van der Waals surface area (Å²) >= 11 is 0. The molecule has 1 aromatic rings. The zero-order chi connectivity index (χ0) is 29.0. The van der Waals surface area contributed by atoms with Gasteiger partial charge in [-0.1, -0.05) is 23.3 Å². The Morgan fingerprint density at radius 2 is 1.62 bits per heavy atom. The van der Waals surface area contributed by atoms with Crippen molar-refractivity contribution in [1.82, 2.24) is 4.90 Å². The molecule has 0 bridgehead atoms. The number of carbonyl (C=O) groups excluding carboxylic acids is 1. The Morgan fingerprint density at radius 3 is 2.23 bits per heavy atom. The van der Waals surface area contributed by atoms with Crippen molar-refractivity contribution < 1.29 is 39.4 Å². The van der Waals surface area contributed by atoms with Gasteiger partial charge in [0.15, 0.2) is 0 Å². The highest BCUT2D eigenvalue weighted by atomic mass is 16.7. The van der Waals surface area contributed by atoms with Gasteiger partial charge in [-0.3, -0.25) is 4.90 Å². The molecule has 4 N–H and O–H groups in total. The Kier molecular flexibility index (Phi) is 10.4. The predicted octanol–water partition coefficient (Wildman–Crippen LogP) is 2.52. The average molecular weight is 560 g/mol. The van der Waals surface area contributed by atoms with Crippen LogP contribution in [0.25, 0.3) is 0 Å². The standard InChI is InChI=1S/C31H45NO8/c1-18(2)7-9-20-14-23(30(37)38-17-22-11-13-32-12-5-6-24(22)32)15-21(10-8-19(3)4)29(20)40-31-28(36)27(35)26(34)25(16-33)39-31/h7-8,14-15,22,24-28,31,33-36H,5-6,9-13,16-17H2,1-4H3/t22-,24-,25-,26-,27+,28-,31-/m1/s1. The molecule has 0 aliphatic carbocycles. The molecule has 3 saturated heterocycles. The molecule has 7 atom stereocenters. The first-order valence-corrected chi connectivity index (χ1v) is 14.4. The molecular weight excluding hydrogens is 514 g/mol. The van der Waals surface area contributed by atoms with Crippen molar-refractivity contribution in [2.75, 3.05) is 26.3 Å². The van der Waals surface area contributed by atoms with Crippen LogP contribution in [0.2, 0.25) is 0 Å². The van der Waals surface area contributed by atoms with Gasteiger partial charge in [0.2, 0.25) is 6.29 Å². The van der Waals surface area contributed by atoms with E-state index >= 15 is 0 Å². The van der Waals surface area contributed by atoms with E-state index in [-0.39, 0.29) is 5.97 Å². The number of esters is 1. The lowest BCUT2D eigenvalue weighted by Gasteiger charge is -2.40. The molecule has 222 valence electrons. The van der Waals surface area contributed by atoms with Crippen molar-refractivity contribution in [3.05, 3.63) is 52.1 Å². The van der Waals surface area contributed by atoms with Crippen LogP contribution >= 0.6 is 0 Å². The normalized spacial score (nSPS) is 30.1. The number of ether oxygens (including phenoxy) is 3. The lowest BCUT2D eigenvalue weighted by molar-refractivity contribution is -0.277. The van der Waals surface area contributed by atoms with Crippen molar-refractivity contribution in [1.29, 1.82) is 0 Å². The molecule has 40 heavy (non-hydrogen) atoms. The molecule has 3 fully saturated rings. The van der Waals surface area contributed by atoms with Gasteiger partial charge >= 0.3 is 5.97 Å². The van der Waals surface area contributed by atoms with Crippen LogP contribution in [-0.4, -0.2) is 94.3 Å². The van der Waals surface area contributed by atoms with E-state index in [0.717, 1.165) is 37.1 Å². The summed E-state index contributed by atoms with van der Waals surface area (Å²) in [6, 6.07) is 4.01. The van der Waals surface area contributed by atoms with Crippen LogP contribution in [-0.2, 0) is 22.3 Å². The highest BCUT2D eigenvalue weighted by molar-refractivity contribution is 5.90. The number of nitrogens with zero attached hydrogens (tertiary/aromatic N) is 1. The third kappa shape index (κ3) is 7.13. The first-order chi connectivity index (χ1) is 19.1. The Bertz CT molecular complexity index is 1050. The van der Waals surface area contributed by atoms with Crippen molar-refractivity contribution in [2.45, 2.75) is 96.5 Å². The third-order valence-corrected chi connectivity index (χ3v) is 8.20. The summed E-state index contributed by atoms with van der Waals surface area (Å²) in [4.78, 5) is 15.8. The maximum Gasteiger partial charge on any atom is 0.338 e. The van der Waals surface area contributed by atoms with Crippen molar-refractivity contribution in [3.63, 3.8) is 0 Å². The SMILES string of the molecule is CC(C)=CCc1cc(C(=O)OC[C@H]2CCN3CCC[C@H]23)cc(CC=C(C)C)c1O[C@H]1O[C@H](CO)[C@@H](O)[C@H](O)[C@H]1O. The van der Waals surface area contributed by atoms with Crippen molar-refractivity contribution in [3.8, 4) is 5.75 Å². The van der Waals surface area contributed by atoms with Crippen LogP contribution < -0.4 is 4.74 Å². The van der Waals surface area contributed by atoms with E-state index in [1.807, 2.05) is 39.8 Å². The Hall–Kier alpha value is -2.27. The number of aliphatic hydroxyl groups is 4. The van der Waals surface area contributed by atoms with Gasteiger partial charge in [-0.05, 0) is 96.1 Å². The van der Waals surface area contributed by atoms with Crippen LogP contribution in [0.4, 0.5) is 0 Å². The number of carbonyl (C=O) groups is 1. The largest absolute Gasteiger partial charge is 0.462 e. The molecule has 9 heteroatoms. The number of hydrogen-bond donors (Lipinski definition) is 4. The van der Waals surface area contributed by atoms with Crippen LogP contribution in [0.5, 0.6) is 5.75 Å². The maximum absolute atomic E-state index is 13.3.